The molecule has 0 aromatic heterocycles. The number of anilines is 1. The zero-order chi connectivity index (χ0) is 14.5. The molecule has 1 aromatic rings. The second-order valence-corrected chi connectivity index (χ2v) is 6.28. The van der Waals surface area contributed by atoms with Gasteiger partial charge in [0.1, 0.15) is 5.82 Å². The van der Waals surface area contributed by atoms with E-state index in [1.807, 2.05) is 12.1 Å². The number of nitrogens with one attached hydrogen (secondary N) is 1. The Labute approximate surface area is 122 Å². The summed E-state index contributed by atoms with van der Waals surface area (Å²) in [7, 11) is 0. The van der Waals surface area contributed by atoms with E-state index in [0.717, 1.165) is 37.4 Å². The van der Waals surface area contributed by atoms with Crippen LogP contribution in [0.2, 0.25) is 0 Å². The fraction of sp³-hybridized carbons (Fsp3) is 0.647. The summed E-state index contributed by atoms with van der Waals surface area (Å²) in [5, 5.41) is 3.42. The van der Waals surface area contributed by atoms with Crippen LogP contribution in [-0.2, 0) is 6.54 Å². The van der Waals surface area contributed by atoms with Crippen molar-refractivity contribution in [3.05, 3.63) is 29.6 Å². The third-order valence-corrected chi connectivity index (χ3v) is 4.12. The van der Waals surface area contributed by atoms with Crippen LogP contribution in [-0.4, -0.2) is 19.6 Å². The highest BCUT2D eigenvalue weighted by Gasteiger charge is 2.24. The van der Waals surface area contributed by atoms with Crippen LogP contribution in [0.1, 0.15) is 39.2 Å². The first-order valence-corrected chi connectivity index (χ1v) is 7.84. The fourth-order valence-electron chi connectivity index (χ4n) is 2.92. The van der Waals surface area contributed by atoms with Gasteiger partial charge in [-0.3, -0.25) is 0 Å². The van der Waals surface area contributed by atoms with Gasteiger partial charge in [-0.25, -0.2) is 4.39 Å². The standard InChI is InChI=1S/C17H27FN2/c1-4-14-8-9-20(12-14)17-15(6-5-7-16(17)18)11-19-10-13(2)3/h5-7,13-14,19H,4,8-12H2,1-3H3. The lowest BCUT2D eigenvalue weighted by atomic mass is 10.1. The molecule has 2 rings (SSSR count). The van der Waals surface area contributed by atoms with Crippen LogP contribution >= 0.6 is 0 Å². The quantitative estimate of drug-likeness (QED) is 0.851. The van der Waals surface area contributed by atoms with Crippen LogP contribution in [0.15, 0.2) is 18.2 Å². The van der Waals surface area contributed by atoms with E-state index in [9.17, 15) is 4.39 Å². The Morgan fingerprint density at radius 3 is 2.85 bits per heavy atom. The minimum atomic E-state index is -0.0781. The molecule has 0 amide bonds. The molecular formula is C17H27FN2. The van der Waals surface area contributed by atoms with E-state index in [1.54, 1.807) is 6.07 Å². The van der Waals surface area contributed by atoms with Crippen molar-refractivity contribution in [1.82, 2.24) is 5.32 Å². The van der Waals surface area contributed by atoms with Crippen molar-refractivity contribution >= 4 is 5.69 Å². The Morgan fingerprint density at radius 2 is 2.20 bits per heavy atom. The van der Waals surface area contributed by atoms with Crippen molar-refractivity contribution < 1.29 is 4.39 Å². The monoisotopic (exact) mass is 278 g/mol. The first-order chi connectivity index (χ1) is 9.61. The maximum absolute atomic E-state index is 14.2. The van der Waals surface area contributed by atoms with Crippen LogP contribution in [0.3, 0.4) is 0 Å². The molecule has 1 heterocycles. The summed E-state index contributed by atoms with van der Waals surface area (Å²) in [6, 6.07) is 5.45. The Bertz CT molecular complexity index is 431. The van der Waals surface area contributed by atoms with Crippen LogP contribution in [0.4, 0.5) is 10.1 Å². The van der Waals surface area contributed by atoms with Crippen molar-refractivity contribution in [2.75, 3.05) is 24.5 Å². The van der Waals surface area contributed by atoms with Crippen molar-refractivity contribution in [3.63, 3.8) is 0 Å². The largest absolute Gasteiger partial charge is 0.369 e. The van der Waals surface area contributed by atoms with Gasteiger partial charge >= 0.3 is 0 Å². The lowest BCUT2D eigenvalue weighted by Gasteiger charge is -2.23. The summed E-state index contributed by atoms with van der Waals surface area (Å²) in [5.41, 5.74) is 1.90. The highest BCUT2D eigenvalue weighted by atomic mass is 19.1. The Kier molecular flexibility index (Phi) is 5.41. The van der Waals surface area contributed by atoms with Gasteiger partial charge in [0, 0.05) is 19.6 Å². The van der Waals surface area contributed by atoms with Crippen LogP contribution in [0.25, 0.3) is 0 Å². The van der Waals surface area contributed by atoms with Gasteiger partial charge in [0.15, 0.2) is 0 Å². The highest BCUT2D eigenvalue weighted by Crippen LogP contribution is 2.30. The van der Waals surface area contributed by atoms with Crippen LogP contribution < -0.4 is 10.2 Å². The number of nitrogens with zero attached hydrogens (tertiary/aromatic N) is 1. The van der Waals surface area contributed by atoms with E-state index in [2.05, 4.69) is 31.0 Å². The number of benzene rings is 1. The zero-order valence-corrected chi connectivity index (χ0v) is 13.0. The maximum atomic E-state index is 14.2. The Balaban J connectivity index is 2.10. The molecule has 20 heavy (non-hydrogen) atoms. The molecule has 1 fully saturated rings. The molecule has 1 N–H and O–H groups in total. The third-order valence-electron chi connectivity index (χ3n) is 4.12. The molecule has 0 spiro atoms. The summed E-state index contributed by atoms with van der Waals surface area (Å²) in [6.45, 7) is 10.3. The molecule has 1 aromatic carbocycles. The molecule has 3 heteroatoms. The number of para-hydroxylation sites is 1. The highest BCUT2D eigenvalue weighted by molar-refractivity contribution is 5.55. The Hall–Kier alpha value is -1.09. The average molecular weight is 278 g/mol. The van der Waals surface area contributed by atoms with Gasteiger partial charge in [-0.15, -0.1) is 0 Å². The summed E-state index contributed by atoms with van der Waals surface area (Å²) in [5.74, 6) is 1.25. The van der Waals surface area contributed by atoms with Gasteiger partial charge in [0.25, 0.3) is 0 Å². The van der Waals surface area contributed by atoms with Gasteiger partial charge < -0.3 is 10.2 Å². The molecule has 2 nitrogen and oxygen atoms in total. The minimum absolute atomic E-state index is 0.0781. The predicted molar refractivity (Wildman–Crippen MR) is 83.6 cm³/mol. The van der Waals surface area contributed by atoms with Gasteiger partial charge in [0.05, 0.1) is 5.69 Å². The number of halogens is 1. The van der Waals surface area contributed by atoms with Gasteiger partial charge in [-0.2, -0.15) is 0 Å². The molecule has 0 saturated carbocycles. The van der Waals surface area contributed by atoms with E-state index in [0.29, 0.717) is 11.8 Å². The van der Waals surface area contributed by atoms with Crippen molar-refractivity contribution in [3.8, 4) is 0 Å². The van der Waals surface area contributed by atoms with E-state index in [4.69, 9.17) is 0 Å². The minimum Gasteiger partial charge on any atom is -0.369 e. The van der Waals surface area contributed by atoms with Gasteiger partial charge in [0.2, 0.25) is 0 Å². The number of rotatable bonds is 6. The van der Waals surface area contributed by atoms with Crippen molar-refractivity contribution in [2.45, 2.75) is 40.2 Å². The lowest BCUT2D eigenvalue weighted by molar-refractivity contribution is 0.548. The molecule has 0 bridgehead atoms. The third kappa shape index (κ3) is 3.72. The molecule has 1 saturated heterocycles. The molecular weight excluding hydrogens is 251 g/mol. The SMILES string of the molecule is CCC1CCN(c2c(F)cccc2CNCC(C)C)C1. The average Bonchev–Trinajstić information content (AvgIpc) is 2.87. The molecule has 112 valence electrons. The first-order valence-electron chi connectivity index (χ1n) is 7.84. The van der Waals surface area contributed by atoms with E-state index in [-0.39, 0.29) is 5.82 Å². The van der Waals surface area contributed by atoms with Crippen LogP contribution in [0, 0.1) is 17.7 Å². The predicted octanol–water partition coefficient (Wildman–Crippen LogP) is 3.81. The van der Waals surface area contributed by atoms with Crippen LogP contribution in [0.5, 0.6) is 0 Å². The fourth-order valence-corrected chi connectivity index (χ4v) is 2.92. The second kappa shape index (κ2) is 7.07. The lowest BCUT2D eigenvalue weighted by Crippen LogP contribution is -2.25. The van der Waals surface area contributed by atoms with Crippen molar-refractivity contribution in [2.24, 2.45) is 11.8 Å². The molecule has 1 atom stereocenters. The normalized spacial score (nSPS) is 19.1. The van der Waals surface area contributed by atoms with Gasteiger partial charge in [-0.05, 0) is 36.4 Å². The molecule has 0 aliphatic carbocycles. The molecule has 1 aliphatic rings. The molecule has 0 radical (unpaired) electrons. The zero-order valence-electron chi connectivity index (χ0n) is 13.0. The van der Waals surface area contributed by atoms with Crippen molar-refractivity contribution in [1.29, 1.82) is 0 Å². The summed E-state index contributed by atoms with van der Waals surface area (Å²) in [6.07, 6.45) is 2.37. The molecule has 1 unspecified atom stereocenters. The topological polar surface area (TPSA) is 15.3 Å². The van der Waals surface area contributed by atoms with E-state index in [1.165, 1.54) is 12.8 Å². The summed E-state index contributed by atoms with van der Waals surface area (Å²) < 4.78 is 14.2. The maximum Gasteiger partial charge on any atom is 0.146 e. The van der Waals surface area contributed by atoms with E-state index >= 15 is 0 Å². The second-order valence-electron chi connectivity index (χ2n) is 6.28. The Morgan fingerprint density at radius 1 is 1.40 bits per heavy atom. The van der Waals surface area contributed by atoms with E-state index < -0.39 is 0 Å². The number of hydrogen-bond donors (Lipinski definition) is 1. The smallest absolute Gasteiger partial charge is 0.146 e. The number of hydrogen-bond acceptors (Lipinski definition) is 2. The molecule has 1 aliphatic heterocycles. The first kappa shape index (κ1) is 15.3. The summed E-state index contributed by atoms with van der Waals surface area (Å²) in [4.78, 5) is 2.23. The summed E-state index contributed by atoms with van der Waals surface area (Å²) >= 11 is 0. The van der Waals surface area contributed by atoms with Gasteiger partial charge in [-0.1, -0.05) is 39.3 Å².